The summed E-state index contributed by atoms with van der Waals surface area (Å²) in [6.07, 6.45) is -2.54. The summed E-state index contributed by atoms with van der Waals surface area (Å²) in [5.74, 6) is -1.90. The van der Waals surface area contributed by atoms with Crippen molar-refractivity contribution in [2.45, 2.75) is 44.4 Å². The van der Waals surface area contributed by atoms with E-state index in [1.54, 1.807) is 24.3 Å². The van der Waals surface area contributed by atoms with Crippen molar-refractivity contribution in [3.8, 4) is 0 Å². The molecule has 0 saturated heterocycles. The summed E-state index contributed by atoms with van der Waals surface area (Å²) in [5.41, 5.74) is 6.70. The molecule has 2 unspecified atom stereocenters. The summed E-state index contributed by atoms with van der Waals surface area (Å²) in [5, 5.41) is 2.54. The SMILES string of the molecule is NCc1ccc(C(=O)NC2CCCCC2C(F)(F)F)cc1. The molecule has 0 radical (unpaired) electrons. The minimum Gasteiger partial charge on any atom is -0.349 e. The lowest BCUT2D eigenvalue weighted by Crippen LogP contribution is -2.47. The van der Waals surface area contributed by atoms with Gasteiger partial charge in [0, 0.05) is 18.2 Å². The predicted molar refractivity (Wildman–Crippen MR) is 73.6 cm³/mol. The third-order valence-corrected chi connectivity index (χ3v) is 3.95. The van der Waals surface area contributed by atoms with Crippen LogP contribution >= 0.6 is 0 Å². The standard InChI is InChI=1S/C15H19F3N2O/c16-15(17,18)12-3-1-2-4-13(12)20-14(21)11-7-5-10(9-19)6-8-11/h5-8,12-13H,1-4,9,19H2,(H,20,21). The lowest BCUT2D eigenvalue weighted by atomic mass is 9.84. The highest BCUT2D eigenvalue weighted by molar-refractivity contribution is 5.94. The van der Waals surface area contributed by atoms with Crippen molar-refractivity contribution in [2.75, 3.05) is 0 Å². The van der Waals surface area contributed by atoms with Gasteiger partial charge < -0.3 is 11.1 Å². The van der Waals surface area contributed by atoms with Crippen LogP contribution in [0.4, 0.5) is 13.2 Å². The molecule has 3 nitrogen and oxygen atoms in total. The average molecular weight is 300 g/mol. The van der Waals surface area contributed by atoms with Crippen LogP contribution in [0.2, 0.25) is 0 Å². The van der Waals surface area contributed by atoms with Crippen molar-refractivity contribution < 1.29 is 18.0 Å². The van der Waals surface area contributed by atoms with Crippen LogP contribution < -0.4 is 11.1 Å². The van der Waals surface area contributed by atoms with E-state index in [4.69, 9.17) is 5.73 Å². The van der Waals surface area contributed by atoms with Crippen LogP contribution in [0.5, 0.6) is 0 Å². The smallest absolute Gasteiger partial charge is 0.349 e. The summed E-state index contributed by atoms with van der Waals surface area (Å²) < 4.78 is 38.9. The third-order valence-electron chi connectivity index (χ3n) is 3.95. The molecule has 3 N–H and O–H groups in total. The summed E-state index contributed by atoms with van der Waals surface area (Å²) in [6.45, 7) is 0.362. The molecule has 1 aromatic rings. The second kappa shape index (κ2) is 6.47. The Bertz CT molecular complexity index is 485. The molecule has 0 heterocycles. The van der Waals surface area contributed by atoms with Crippen molar-refractivity contribution in [3.05, 3.63) is 35.4 Å². The maximum Gasteiger partial charge on any atom is 0.393 e. The predicted octanol–water partition coefficient (Wildman–Crippen LogP) is 3.00. The van der Waals surface area contributed by atoms with E-state index in [1.807, 2.05) is 0 Å². The molecular formula is C15H19F3N2O. The Hall–Kier alpha value is -1.56. The molecule has 6 heteroatoms. The van der Waals surface area contributed by atoms with Gasteiger partial charge in [0.2, 0.25) is 0 Å². The highest BCUT2D eigenvalue weighted by Gasteiger charge is 2.45. The molecule has 1 aliphatic carbocycles. The Morgan fingerprint density at radius 2 is 1.81 bits per heavy atom. The van der Waals surface area contributed by atoms with E-state index in [0.29, 0.717) is 31.4 Å². The summed E-state index contributed by atoms with van der Waals surface area (Å²) in [7, 11) is 0. The molecular weight excluding hydrogens is 281 g/mol. The molecule has 1 saturated carbocycles. The van der Waals surface area contributed by atoms with Gasteiger partial charge in [-0.3, -0.25) is 4.79 Å². The first-order chi connectivity index (χ1) is 9.91. The summed E-state index contributed by atoms with van der Waals surface area (Å²) >= 11 is 0. The lowest BCUT2D eigenvalue weighted by Gasteiger charge is -2.33. The van der Waals surface area contributed by atoms with Crippen molar-refractivity contribution >= 4 is 5.91 Å². The van der Waals surface area contributed by atoms with Gasteiger partial charge >= 0.3 is 6.18 Å². The molecule has 0 aromatic heterocycles. The van der Waals surface area contributed by atoms with Crippen molar-refractivity contribution in [2.24, 2.45) is 11.7 Å². The molecule has 116 valence electrons. The molecule has 2 rings (SSSR count). The van der Waals surface area contributed by atoms with Gasteiger partial charge in [-0.25, -0.2) is 0 Å². The Balaban J connectivity index is 2.05. The number of hydrogen-bond acceptors (Lipinski definition) is 2. The van der Waals surface area contributed by atoms with Gasteiger partial charge in [0.25, 0.3) is 5.91 Å². The lowest BCUT2D eigenvalue weighted by molar-refractivity contribution is -0.187. The molecule has 1 aliphatic rings. The molecule has 21 heavy (non-hydrogen) atoms. The fraction of sp³-hybridized carbons (Fsp3) is 0.533. The first-order valence-electron chi connectivity index (χ1n) is 7.08. The molecule has 0 aliphatic heterocycles. The van der Waals surface area contributed by atoms with E-state index in [9.17, 15) is 18.0 Å². The van der Waals surface area contributed by atoms with Crippen LogP contribution in [0, 0.1) is 5.92 Å². The highest BCUT2D eigenvalue weighted by atomic mass is 19.4. The van der Waals surface area contributed by atoms with Crippen molar-refractivity contribution in [3.63, 3.8) is 0 Å². The second-order valence-electron chi connectivity index (χ2n) is 5.41. The monoisotopic (exact) mass is 300 g/mol. The zero-order valence-corrected chi connectivity index (χ0v) is 11.6. The number of benzene rings is 1. The van der Waals surface area contributed by atoms with Gasteiger partial charge in [-0.2, -0.15) is 13.2 Å². The number of carbonyl (C=O) groups excluding carboxylic acids is 1. The molecule has 0 bridgehead atoms. The number of carbonyl (C=O) groups is 1. The van der Waals surface area contributed by atoms with Crippen LogP contribution in [0.25, 0.3) is 0 Å². The minimum absolute atomic E-state index is 0.0839. The van der Waals surface area contributed by atoms with Crippen LogP contribution in [-0.2, 0) is 6.54 Å². The van der Waals surface area contributed by atoms with E-state index in [0.717, 1.165) is 5.56 Å². The van der Waals surface area contributed by atoms with Crippen molar-refractivity contribution in [1.82, 2.24) is 5.32 Å². The number of rotatable bonds is 3. The number of nitrogens with two attached hydrogens (primary N) is 1. The minimum atomic E-state index is -4.26. The molecule has 1 amide bonds. The van der Waals surface area contributed by atoms with Crippen molar-refractivity contribution in [1.29, 1.82) is 0 Å². The van der Waals surface area contributed by atoms with E-state index >= 15 is 0 Å². The van der Waals surface area contributed by atoms with Gasteiger partial charge in [-0.1, -0.05) is 25.0 Å². The molecule has 1 fully saturated rings. The van der Waals surface area contributed by atoms with E-state index in [1.165, 1.54) is 0 Å². The Labute approximate surface area is 121 Å². The fourth-order valence-corrected chi connectivity index (χ4v) is 2.74. The zero-order chi connectivity index (χ0) is 15.5. The zero-order valence-electron chi connectivity index (χ0n) is 11.6. The summed E-state index contributed by atoms with van der Waals surface area (Å²) in [6, 6.07) is 5.75. The number of nitrogens with one attached hydrogen (secondary N) is 1. The van der Waals surface area contributed by atoms with Crippen LogP contribution in [0.15, 0.2) is 24.3 Å². The third kappa shape index (κ3) is 3.97. The van der Waals surface area contributed by atoms with E-state index < -0.39 is 24.0 Å². The average Bonchev–Trinajstić information content (AvgIpc) is 2.47. The van der Waals surface area contributed by atoms with Gasteiger partial charge in [-0.15, -0.1) is 0 Å². The van der Waals surface area contributed by atoms with Crippen LogP contribution in [0.1, 0.15) is 41.6 Å². The Morgan fingerprint density at radius 1 is 1.19 bits per heavy atom. The maximum atomic E-state index is 13.0. The number of hydrogen-bond donors (Lipinski definition) is 2. The topological polar surface area (TPSA) is 55.1 Å². The maximum absolute atomic E-state index is 13.0. The van der Waals surface area contributed by atoms with E-state index in [-0.39, 0.29) is 6.42 Å². The van der Waals surface area contributed by atoms with Gasteiger partial charge in [0.1, 0.15) is 0 Å². The normalized spacial score (nSPS) is 22.9. The number of amides is 1. The second-order valence-corrected chi connectivity index (χ2v) is 5.41. The first-order valence-corrected chi connectivity index (χ1v) is 7.08. The Morgan fingerprint density at radius 3 is 2.38 bits per heavy atom. The molecule has 1 aromatic carbocycles. The fourth-order valence-electron chi connectivity index (χ4n) is 2.74. The van der Waals surface area contributed by atoms with Gasteiger partial charge in [0.05, 0.1) is 5.92 Å². The quantitative estimate of drug-likeness (QED) is 0.901. The number of alkyl halides is 3. The van der Waals surface area contributed by atoms with Gasteiger partial charge in [0.15, 0.2) is 0 Å². The largest absolute Gasteiger partial charge is 0.393 e. The first kappa shape index (κ1) is 15.8. The molecule has 0 spiro atoms. The Kier molecular flexibility index (Phi) is 4.88. The highest BCUT2D eigenvalue weighted by Crippen LogP contribution is 2.37. The van der Waals surface area contributed by atoms with Gasteiger partial charge in [-0.05, 0) is 30.5 Å². The summed E-state index contributed by atoms with van der Waals surface area (Å²) in [4.78, 5) is 12.1. The molecule has 2 atom stereocenters. The van der Waals surface area contributed by atoms with Crippen LogP contribution in [-0.4, -0.2) is 18.1 Å². The van der Waals surface area contributed by atoms with E-state index in [2.05, 4.69) is 5.32 Å². The van der Waals surface area contributed by atoms with Crippen LogP contribution in [0.3, 0.4) is 0 Å². The number of halogens is 3.